The van der Waals surface area contributed by atoms with Gasteiger partial charge in [0, 0.05) is 12.2 Å². The summed E-state index contributed by atoms with van der Waals surface area (Å²) in [4.78, 5) is 26.0. The molecule has 6 heteroatoms. The van der Waals surface area contributed by atoms with E-state index in [-0.39, 0.29) is 12.5 Å². The van der Waals surface area contributed by atoms with Crippen LogP contribution in [0.1, 0.15) is 18.4 Å². The largest absolute Gasteiger partial charge is 0.399 e. The highest BCUT2D eigenvalue weighted by atomic mass is 16.5. The first-order valence-corrected chi connectivity index (χ1v) is 7.09. The first-order chi connectivity index (χ1) is 10.0. The Kier molecular flexibility index (Phi) is 3.33. The van der Waals surface area contributed by atoms with Crippen molar-refractivity contribution in [3.63, 3.8) is 0 Å². The molecule has 1 aromatic rings. The number of carbonyl (C=O) groups is 2. The maximum Gasteiger partial charge on any atom is 0.242 e. The number of carbonyl (C=O) groups excluding carboxylic acids is 2. The summed E-state index contributed by atoms with van der Waals surface area (Å²) in [5.41, 5.74) is 12.2. The Bertz CT molecular complexity index is 566. The summed E-state index contributed by atoms with van der Waals surface area (Å²) in [6.07, 6.45) is 1.58. The van der Waals surface area contributed by atoms with Crippen molar-refractivity contribution < 1.29 is 14.3 Å². The Morgan fingerprint density at radius 1 is 1.24 bits per heavy atom. The average Bonchev–Trinajstić information content (AvgIpc) is 3.29. The number of nitrogens with zero attached hydrogens (tertiary/aromatic N) is 1. The molecule has 112 valence electrons. The number of anilines is 1. The molecule has 0 spiro atoms. The predicted octanol–water partition coefficient (Wildman–Crippen LogP) is 0.0131. The van der Waals surface area contributed by atoms with E-state index in [9.17, 15) is 9.59 Å². The molecule has 2 amide bonds. The second-order valence-corrected chi connectivity index (χ2v) is 5.70. The van der Waals surface area contributed by atoms with Gasteiger partial charge in [-0.2, -0.15) is 0 Å². The lowest BCUT2D eigenvalue weighted by Crippen LogP contribution is -2.57. The number of ether oxygens (including phenoxy) is 1. The molecule has 4 N–H and O–H groups in total. The fraction of sp³-hybridized carbons (Fsp3) is 0.467. The molecule has 0 bridgehead atoms. The van der Waals surface area contributed by atoms with Crippen molar-refractivity contribution in [3.8, 4) is 0 Å². The van der Waals surface area contributed by atoms with E-state index in [2.05, 4.69) is 0 Å². The van der Waals surface area contributed by atoms with Crippen LogP contribution in [0.3, 0.4) is 0 Å². The van der Waals surface area contributed by atoms with Crippen LogP contribution in [0.5, 0.6) is 0 Å². The molecule has 3 rings (SSSR count). The SMILES string of the molecule is NC(=O)C1COCCN1C(=O)C1(c2ccc(N)cc2)CC1. The van der Waals surface area contributed by atoms with Crippen LogP contribution in [0.15, 0.2) is 24.3 Å². The Morgan fingerprint density at radius 3 is 2.48 bits per heavy atom. The Labute approximate surface area is 123 Å². The summed E-state index contributed by atoms with van der Waals surface area (Å²) in [5, 5.41) is 0. The number of hydrogen-bond acceptors (Lipinski definition) is 4. The molecule has 1 unspecified atom stereocenters. The van der Waals surface area contributed by atoms with Crippen LogP contribution in [-0.2, 0) is 19.7 Å². The molecule has 1 saturated heterocycles. The molecule has 1 aromatic carbocycles. The number of benzene rings is 1. The molecule has 6 nitrogen and oxygen atoms in total. The van der Waals surface area contributed by atoms with Crippen LogP contribution in [-0.4, -0.2) is 42.5 Å². The minimum atomic E-state index is -0.669. The molecule has 2 aliphatic rings. The van der Waals surface area contributed by atoms with Gasteiger partial charge in [0.1, 0.15) is 6.04 Å². The van der Waals surface area contributed by atoms with E-state index < -0.39 is 17.4 Å². The minimum absolute atomic E-state index is 0.0284. The van der Waals surface area contributed by atoms with Crippen LogP contribution in [0.25, 0.3) is 0 Å². The summed E-state index contributed by atoms with van der Waals surface area (Å²) >= 11 is 0. The molecule has 1 aliphatic carbocycles. The monoisotopic (exact) mass is 289 g/mol. The minimum Gasteiger partial charge on any atom is -0.399 e. The molecule has 21 heavy (non-hydrogen) atoms. The number of nitrogen functional groups attached to an aromatic ring is 1. The zero-order valence-corrected chi connectivity index (χ0v) is 11.7. The summed E-state index contributed by atoms with van der Waals surface area (Å²) in [6.45, 7) is 1.02. The molecule has 0 aromatic heterocycles. The maximum atomic E-state index is 12.9. The van der Waals surface area contributed by atoms with Crippen LogP contribution >= 0.6 is 0 Å². The van der Waals surface area contributed by atoms with E-state index in [4.69, 9.17) is 16.2 Å². The maximum absolute atomic E-state index is 12.9. The first-order valence-electron chi connectivity index (χ1n) is 7.09. The second-order valence-electron chi connectivity index (χ2n) is 5.70. The summed E-state index contributed by atoms with van der Waals surface area (Å²) < 4.78 is 5.27. The van der Waals surface area contributed by atoms with Gasteiger partial charge in [0.25, 0.3) is 0 Å². The molecular formula is C15H19N3O3. The van der Waals surface area contributed by atoms with E-state index >= 15 is 0 Å². The normalized spacial score (nSPS) is 23.6. The van der Waals surface area contributed by atoms with Crippen molar-refractivity contribution in [2.75, 3.05) is 25.5 Å². The van der Waals surface area contributed by atoms with E-state index in [0.717, 1.165) is 18.4 Å². The van der Waals surface area contributed by atoms with Crippen LogP contribution < -0.4 is 11.5 Å². The van der Waals surface area contributed by atoms with Gasteiger partial charge in [-0.05, 0) is 30.5 Å². The highest BCUT2D eigenvalue weighted by Crippen LogP contribution is 2.50. The fourth-order valence-electron chi connectivity index (χ4n) is 2.91. The molecule has 1 heterocycles. The third-order valence-corrected chi connectivity index (χ3v) is 4.34. The topological polar surface area (TPSA) is 98.7 Å². The summed E-state index contributed by atoms with van der Waals surface area (Å²) in [5.74, 6) is -0.546. The van der Waals surface area contributed by atoms with Gasteiger partial charge in [-0.1, -0.05) is 12.1 Å². The molecule has 1 atom stereocenters. The van der Waals surface area contributed by atoms with Crippen molar-refractivity contribution >= 4 is 17.5 Å². The molecular weight excluding hydrogens is 270 g/mol. The van der Waals surface area contributed by atoms with E-state index in [1.165, 1.54) is 0 Å². The molecule has 2 fully saturated rings. The number of nitrogens with two attached hydrogens (primary N) is 2. The highest BCUT2D eigenvalue weighted by molar-refractivity contribution is 5.95. The van der Waals surface area contributed by atoms with Crippen LogP contribution in [0, 0.1) is 0 Å². The number of hydrogen-bond donors (Lipinski definition) is 2. The number of rotatable bonds is 3. The van der Waals surface area contributed by atoms with Crippen molar-refractivity contribution in [3.05, 3.63) is 29.8 Å². The van der Waals surface area contributed by atoms with Crippen molar-refractivity contribution in [1.82, 2.24) is 4.90 Å². The van der Waals surface area contributed by atoms with Crippen molar-refractivity contribution in [1.29, 1.82) is 0 Å². The van der Waals surface area contributed by atoms with E-state index in [1.807, 2.05) is 12.1 Å². The lowest BCUT2D eigenvalue weighted by molar-refractivity contribution is -0.149. The summed E-state index contributed by atoms with van der Waals surface area (Å²) in [6, 6.07) is 6.71. The van der Waals surface area contributed by atoms with Gasteiger partial charge in [0.05, 0.1) is 18.6 Å². The first kappa shape index (κ1) is 13.9. The predicted molar refractivity (Wildman–Crippen MR) is 77.3 cm³/mol. The van der Waals surface area contributed by atoms with E-state index in [1.54, 1.807) is 17.0 Å². The Balaban J connectivity index is 1.86. The number of morpholine rings is 1. The number of amides is 2. The third kappa shape index (κ3) is 2.35. The lowest BCUT2D eigenvalue weighted by Gasteiger charge is -2.36. The Morgan fingerprint density at radius 2 is 1.90 bits per heavy atom. The third-order valence-electron chi connectivity index (χ3n) is 4.34. The van der Waals surface area contributed by atoms with Gasteiger partial charge < -0.3 is 21.1 Å². The second kappa shape index (κ2) is 5.04. The van der Waals surface area contributed by atoms with Gasteiger partial charge in [-0.15, -0.1) is 0 Å². The van der Waals surface area contributed by atoms with Gasteiger partial charge in [-0.25, -0.2) is 0 Å². The summed E-state index contributed by atoms with van der Waals surface area (Å²) in [7, 11) is 0. The zero-order chi connectivity index (χ0) is 15.0. The van der Waals surface area contributed by atoms with E-state index in [0.29, 0.717) is 18.8 Å². The molecule has 1 aliphatic heterocycles. The van der Waals surface area contributed by atoms with Crippen LogP contribution in [0.4, 0.5) is 5.69 Å². The van der Waals surface area contributed by atoms with Crippen molar-refractivity contribution in [2.45, 2.75) is 24.3 Å². The highest BCUT2D eigenvalue weighted by Gasteiger charge is 2.54. The van der Waals surface area contributed by atoms with Gasteiger partial charge in [0.2, 0.25) is 11.8 Å². The quantitative estimate of drug-likeness (QED) is 0.766. The van der Waals surface area contributed by atoms with Gasteiger partial charge >= 0.3 is 0 Å². The standard InChI is InChI=1S/C15H19N3O3/c16-11-3-1-10(2-4-11)15(5-6-15)14(20)18-7-8-21-9-12(18)13(17)19/h1-4,12H,5-9,16H2,(H2,17,19). The molecule has 1 saturated carbocycles. The smallest absolute Gasteiger partial charge is 0.242 e. The average molecular weight is 289 g/mol. The number of primary amides is 1. The Hall–Kier alpha value is -2.08. The molecule has 0 radical (unpaired) electrons. The van der Waals surface area contributed by atoms with Gasteiger partial charge in [0.15, 0.2) is 0 Å². The lowest BCUT2D eigenvalue weighted by atomic mass is 9.93. The van der Waals surface area contributed by atoms with Gasteiger partial charge in [-0.3, -0.25) is 9.59 Å². The van der Waals surface area contributed by atoms with Crippen molar-refractivity contribution in [2.24, 2.45) is 5.73 Å². The zero-order valence-electron chi connectivity index (χ0n) is 11.7. The van der Waals surface area contributed by atoms with Crippen LogP contribution in [0.2, 0.25) is 0 Å². The fourth-order valence-corrected chi connectivity index (χ4v) is 2.91.